The van der Waals surface area contributed by atoms with Crippen LogP contribution in [0.15, 0.2) is 17.3 Å². The van der Waals surface area contributed by atoms with E-state index in [4.69, 9.17) is 4.74 Å². The Morgan fingerprint density at radius 3 is 3.27 bits per heavy atom. The molecule has 0 radical (unpaired) electrons. The van der Waals surface area contributed by atoms with Gasteiger partial charge in [-0.2, -0.15) is 4.99 Å². The number of nitrogens with zero attached hydrogens (tertiary/aromatic N) is 1. The molecule has 0 N–H and O–H groups in total. The molecule has 0 aromatic heterocycles. The standard InChI is InChI=1S/C8H11NO2/c10-7-9-5-1-3-8-4-2-6-11-8/h1,5,8H,2-4,6H2/b5-1-. The summed E-state index contributed by atoms with van der Waals surface area (Å²) in [5.74, 6) is 0. The Labute approximate surface area is 65.8 Å². The molecule has 3 nitrogen and oxygen atoms in total. The van der Waals surface area contributed by atoms with E-state index >= 15 is 0 Å². The summed E-state index contributed by atoms with van der Waals surface area (Å²) >= 11 is 0. The maximum absolute atomic E-state index is 9.63. The summed E-state index contributed by atoms with van der Waals surface area (Å²) in [4.78, 5) is 12.9. The summed E-state index contributed by atoms with van der Waals surface area (Å²) in [7, 11) is 0. The van der Waals surface area contributed by atoms with E-state index in [-0.39, 0.29) is 0 Å². The summed E-state index contributed by atoms with van der Waals surface area (Å²) in [5.41, 5.74) is 0. The zero-order valence-electron chi connectivity index (χ0n) is 6.32. The van der Waals surface area contributed by atoms with Gasteiger partial charge in [0.1, 0.15) is 0 Å². The van der Waals surface area contributed by atoms with Crippen LogP contribution in [0.2, 0.25) is 0 Å². The van der Waals surface area contributed by atoms with E-state index < -0.39 is 0 Å². The van der Waals surface area contributed by atoms with Crippen LogP contribution in [0.5, 0.6) is 0 Å². The van der Waals surface area contributed by atoms with Crippen molar-refractivity contribution in [1.82, 2.24) is 0 Å². The third-order valence-electron chi connectivity index (χ3n) is 1.66. The van der Waals surface area contributed by atoms with Crippen molar-refractivity contribution < 1.29 is 9.53 Å². The van der Waals surface area contributed by atoms with Crippen LogP contribution in [-0.4, -0.2) is 18.8 Å². The average molecular weight is 153 g/mol. The monoisotopic (exact) mass is 153 g/mol. The molecule has 1 aliphatic rings. The van der Waals surface area contributed by atoms with Crippen molar-refractivity contribution in [2.75, 3.05) is 6.61 Å². The molecule has 1 heterocycles. The maximum Gasteiger partial charge on any atom is 0.239 e. The lowest BCUT2D eigenvalue weighted by molar-refractivity contribution is 0.113. The topological polar surface area (TPSA) is 38.7 Å². The van der Waals surface area contributed by atoms with Crippen LogP contribution in [0.3, 0.4) is 0 Å². The highest BCUT2D eigenvalue weighted by molar-refractivity contribution is 5.34. The van der Waals surface area contributed by atoms with Crippen LogP contribution in [0.4, 0.5) is 0 Å². The Hall–Kier alpha value is -0.920. The Balaban J connectivity index is 2.15. The Morgan fingerprint density at radius 2 is 2.64 bits per heavy atom. The Bertz CT molecular complexity index is 177. The largest absolute Gasteiger partial charge is 0.378 e. The number of aliphatic imine (C=N–C) groups is 1. The first-order valence-electron chi connectivity index (χ1n) is 3.77. The fourth-order valence-electron chi connectivity index (χ4n) is 1.13. The van der Waals surface area contributed by atoms with Gasteiger partial charge in [0.05, 0.1) is 6.10 Å². The predicted molar refractivity (Wildman–Crippen MR) is 40.9 cm³/mol. The van der Waals surface area contributed by atoms with Gasteiger partial charge < -0.3 is 4.74 Å². The Kier molecular flexibility index (Phi) is 3.59. The van der Waals surface area contributed by atoms with Crippen molar-refractivity contribution in [3.63, 3.8) is 0 Å². The van der Waals surface area contributed by atoms with Crippen LogP contribution in [0, 0.1) is 0 Å². The van der Waals surface area contributed by atoms with E-state index in [0.717, 1.165) is 25.9 Å². The molecule has 1 unspecified atom stereocenters. The molecule has 1 aliphatic heterocycles. The minimum atomic E-state index is 0.341. The normalized spacial score (nSPS) is 23.8. The lowest BCUT2D eigenvalue weighted by Gasteiger charge is -2.02. The SMILES string of the molecule is O=C=N/C=C\CC1CCCO1. The molecular formula is C8H11NO2. The molecule has 1 saturated heterocycles. The minimum Gasteiger partial charge on any atom is -0.378 e. The third kappa shape index (κ3) is 3.12. The van der Waals surface area contributed by atoms with E-state index in [9.17, 15) is 4.79 Å². The maximum atomic E-state index is 9.63. The number of carbonyl (C=O) groups excluding carboxylic acids is 1. The second kappa shape index (κ2) is 4.83. The quantitative estimate of drug-likeness (QED) is 0.454. The fourth-order valence-corrected chi connectivity index (χ4v) is 1.13. The predicted octanol–water partition coefficient (Wildman–Crippen LogP) is 1.41. The molecule has 1 rings (SSSR count). The Morgan fingerprint density at radius 1 is 1.73 bits per heavy atom. The number of ether oxygens (including phenoxy) is 1. The van der Waals surface area contributed by atoms with Gasteiger partial charge in [-0.3, -0.25) is 0 Å². The number of hydrogen-bond donors (Lipinski definition) is 0. The van der Waals surface area contributed by atoms with Gasteiger partial charge in [-0.05, 0) is 19.3 Å². The summed E-state index contributed by atoms with van der Waals surface area (Å²) < 4.78 is 5.34. The molecule has 1 fully saturated rings. The first kappa shape index (κ1) is 8.18. The van der Waals surface area contributed by atoms with Gasteiger partial charge >= 0.3 is 0 Å². The second-order valence-corrected chi connectivity index (χ2v) is 2.48. The number of hydrogen-bond acceptors (Lipinski definition) is 3. The molecular weight excluding hydrogens is 142 g/mol. The van der Waals surface area contributed by atoms with Gasteiger partial charge in [-0.15, -0.1) is 0 Å². The van der Waals surface area contributed by atoms with Crippen molar-refractivity contribution in [1.29, 1.82) is 0 Å². The van der Waals surface area contributed by atoms with Crippen molar-refractivity contribution in [3.05, 3.63) is 12.3 Å². The molecule has 0 bridgehead atoms. The third-order valence-corrected chi connectivity index (χ3v) is 1.66. The van der Waals surface area contributed by atoms with Gasteiger partial charge in [0.2, 0.25) is 6.08 Å². The molecule has 0 aliphatic carbocycles. The summed E-state index contributed by atoms with van der Waals surface area (Å²) in [6.45, 7) is 0.870. The molecule has 3 heteroatoms. The lowest BCUT2D eigenvalue weighted by Crippen LogP contribution is -2.01. The van der Waals surface area contributed by atoms with Crippen LogP contribution < -0.4 is 0 Å². The summed E-state index contributed by atoms with van der Waals surface area (Å²) in [6, 6.07) is 0. The van der Waals surface area contributed by atoms with Crippen LogP contribution in [-0.2, 0) is 9.53 Å². The molecule has 60 valence electrons. The zero-order valence-corrected chi connectivity index (χ0v) is 6.32. The highest BCUT2D eigenvalue weighted by atomic mass is 16.5. The highest BCUT2D eigenvalue weighted by Crippen LogP contribution is 2.15. The smallest absolute Gasteiger partial charge is 0.239 e. The van der Waals surface area contributed by atoms with E-state index in [0.29, 0.717) is 6.10 Å². The summed E-state index contributed by atoms with van der Waals surface area (Å²) in [6.07, 6.45) is 8.20. The molecule has 11 heavy (non-hydrogen) atoms. The molecule has 0 spiro atoms. The second-order valence-electron chi connectivity index (χ2n) is 2.48. The van der Waals surface area contributed by atoms with E-state index in [1.165, 1.54) is 12.3 Å². The fraction of sp³-hybridized carbons (Fsp3) is 0.625. The van der Waals surface area contributed by atoms with E-state index in [2.05, 4.69) is 4.99 Å². The zero-order chi connectivity index (χ0) is 7.94. The van der Waals surface area contributed by atoms with Crippen LogP contribution >= 0.6 is 0 Å². The van der Waals surface area contributed by atoms with Gasteiger partial charge in [0.15, 0.2) is 0 Å². The van der Waals surface area contributed by atoms with Crippen LogP contribution in [0.25, 0.3) is 0 Å². The molecule has 0 amide bonds. The van der Waals surface area contributed by atoms with Gasteiger partial charge in [0, 0.05) is 12.8 Å². The molecule has 0 aromatic carbocycles. The van der Waals surface area contributed by atoms with E-state index in [1.54, 1.807) is 0 Å². The molecule has 0 aromatic rings. The van der Waals surface area contributed by atoms with Gasteiger partial charge in [-0.1, -0.05) is 6.08 Å². The van der Waals surface area contributed by atoms with E-state index in [1.807, 2.05) is 6.08 Å². The minimum absolute atomic E-state index is 0.341. The van der Waals surface area contributed by atoms with Crippen molar-refractivity contribution >= 4 is 6.08 Å². The first-order chi connectivity index (χ1) is 5.43. The van der Waals surface area contributed by atoms with Gasteiger partial charge in [-0.25, -0.2) is 4.79 Å². The number of rotatable bonds is 3. The highest BCUT2D eigenvalue weighted by Gasteiger charge is 2.12. The average Bonchev–Trinajstić information content (AvgIpc) is 2.50. The molecule has 1 atom stereocenters. The summed E-state index contributed by atoms with van der Waals surface area (Å²) in [5, 5.41) is 0. The number of isocyanates is 1. The van der Waals surface area contributed by atoms with Gasteiger partial charge in [0.25, 0.3) is 0 Å². The van der Waals surface area contributed by atoms with Crippen molar-refractivity contribution in [2.45, 2.75) is 25.4 Å². The van der Waals surface area contributed by atoms with Crippen LogP contribution in [0.1, 0.15) is 19.3 Å². The lowest BCUT2D eigenvalue weighted by atomic mass is 10.2. The van der Waals surface area contributed by atoms with Crippen molar-refractivity contribution in [3.8, 4) is 0 Å². The van der Waals surface area contributed by atoms with Crippen molar-refractivity contribution in [2.24, 2.45) is 4.99 Å². The molecule has 0 saturated carbocycles. The first-order valence-corrected chi connectivity index (χ1v) is 3.77.